The van der Waals surface area contributed by atoms with Crippen LogP contribution in [0.3, 0.4) is 0 Å². The third-order valence-electron chi connectivity index (χ3n) is 4.82. The summed E-state index contributed by atoms with van der Waals surface area (Å²) in [5.74, 6) is -0.196. The van der Waals surface area contributed by atoms with E-state index in [9.17, 15) is 9.59 Å². The highest BCUT2D eigenvalue weighted by Crippen LogP contribution is 2.39. The first-order valence-electron chi connectivity index (χ1n) is 8.31. The molecule has 3 unspecified atom stereocenters. The van der Waals surface area contributed by atoms with Crippen molar-refractivity contribution in [1.82, 2.24) is 10.6 Å². The van der Waals surface area contributed by atoms with Crippen LogP contribution in [0.4, 0.5) is 0 Å². The summed E-state index contributed by atoms with van der Waals surface area (Å²) in [6, 6.07) is 10.2. The van der Waals surface area contributed by atoms with E-state index in [1.54, 1.807) is 0 Å². The smallest absolute Gasteiger partial charge is 0.224 e. The lowest BCUT2D eigenvalue weighted by atomic mass is 10.1. The van der Waals surface area contributed by atoms with Gasteiger partial charge in [0.25, 0.3) is 0 Å². The van der Waals surface area contributed by atoms with Gasteiger partial charge in [0.05, 0.1) is 17.9 Å². The van der Waals surface area contributed by atoms with E-state index in [1.165, 1.54) is 12.8 Å². The van der Waals surface area contributed by atoms with Gasteiger partial charge < -0.3 is 10.6 Å². The molecule has 0 spiro atoms. The summed E-state index contributed by atoms with van der Waals surface area (Å²) >= 11 is 0. The zero-order valence-corrected chi connectivity index (χ0v) is 13.0. The summed E-state index contributed by atoms with van der Waals surface area (Å²) in [5.41, 5.74) is 1.09. The van der Waals surface area contributed by atoms with Gasteiger partial charge in [-0.25, -0.2) is 0 Å². The Balaban J connectivity index is 1.47. The first kappa shape index (κ1) is 15.1. The predicted octanol–water partition coefficient (Wildman–Crippen LogP) is 2.56. The molecule has 2 amide bonds. The van der Waals surface area contributed by atoms with E-state index < -0.39 is 0 Å². The van der Waals surface area contributed by atoms with Crippen LogP contribution in [0.5, 0.6) is 0 Å². The number of benzene rings is 1. The molecule has 0 saturated heterocycles. The Kier molecular flexibility index (Phi) is 4.46. The first-order valence-corrected chi connectivity index (χ1v) is 8.31. The largest absolute Gasteiger partial charge is 0.353 e. The quantitative estimate of drug-likeness (QED) is 0.878. The molecule has 2 N–H and O–H groups in total. The summed E-state index contributed by atoms with van der Waals surface area (Å²) < 4.78 is 0. The molecule has 22 heavy (non-hydrogen) atoms. The Morgan fingerprint density at radius 1 is 1.05 bits per heavy atom. The maximum atomic E-state index is 12.3. The normalized spacial score (nSPS) is 25.5. The molecule has 118 valence electrons. The molecule has 0 aliphatic heterocycles. The number of amides is 2. The molecule has 0 radical (unpaired) electrons. The van der Waals surface area contributed by atoms with Crippen LogP contribution in [0.15, 0.2) is 30.3 Å². The number of rotatable bonds is 5. The topological polar surface area (TPSA) is 58.2 Å². The fraction of sp³-hybridized carbons (Fsp3) is 0.556. The second-order valence-corrected chi connectivity index (χ2v) is 6.58. The maximum Gasteiger partial charge on any atom is 0.224 e. The van der Waals surface area contributed by atoms with Gasteiger partial charge in [-0.05, 0) is 31.7 Å². The van der Waals surface area contributed by atoms with Gasteiger partial charge in [0, 0.05) is 6.04 Å². The molecular weight excluding hydrogens is 276 g/mol. The second-order valence-electron chi connectivity index (χ2n) is 6.58. The van der Waals surface area contributed by atoms with E-state index in [2.05, 4.69) is 10.6 Å². The van der Waals surface area contributed by atoms with E-state index in [0.29, 0.717) is 12.5 Å². The van der Waals surface area contributed by atoms with Crippen molar-refractivity contribution in [1.29, 1.82) is 0 Å². The van der Waals surface area contributed by atoms with Crippen LogP contribution < -0.4 is 10.6 Å². The second kappa shape index (κ2) is 6.51. The summed E-state index contributed by atoms with van der Waals surface area (Å²) in [4.78, 5) is 24.4. The molecular formula is C18H24N2O2. The third-order valence-corrected chi connectivity index (χ3v) is 4.82. The van der Waals surface area contributed by atoms with Crippen molar-refractivity contribution in [2.24, 2.45) is 11.8 Å². The van der Waals surface area contributed by atoms with E-state index >= 15 is 0 Å². The molecule has 3 atom stereocenters. The fourth-order valence-electron chi connectivity index (χ4n) is 3.30. The van der Waals surface area contributed by atoms with Gasteiger partial charge in [-0.2, -0.15) is 0 Å². The van der Waals surface area contributed by atoms with E-state index in [1.807, 2.05) is 37.3 Å². The summed E-state index contributed by atoms with van der Waals surface area (Å²) in [7, 11) is 0. The number of carbonyl (C=O) groups excluding carboxylic acids is 2. The number of nitrogens with one attached hydrogen (secondary N) is 2. The van der Waals surface area contributed by atoms with Gasteiger partial charge in [0.2, 0.25) is 11.8 Å². The van der Waals surface area contributed by atoms with E-state index in [-0.39, 0.29) is 29.7 Å². The Hall–Kier alpha value is -1.84. The lowest BCUT2D eigenvalue weighted by Crippen LogP contribution is -2.36. The maximum absolute atomic E-state index is 12.3. The highest BCUT2D eigenvalue weighted by Gasteiger charge is 2.48. The zero-order chi connectivity index (χ0) is 15.5. The highest BCUT2D eigenvalue weighted by atomic mass is 16.2. The van der Waals surface area contributed by atoms with Crippen molar-refractivity contribution in [2.75, 3.05) is 0 Å². The lowest BCUT2D eigenvalue weighted by molar-refractivity contribution is -0.128. The molecule has 0 aromatic heterocycles. The third kappa shape index (κ3) is 3.49. The zero-order valence-electron chi connectivity index (χ0n) is 13.0. The summed E-state index contributed by atoms with van der Waals surface area (Å²) in [6.07, 6.45) is 5.26. The Morgan fingerprint density at radius 3 is 2.36 bits per heavy atom. The molecule has 4 heteroatoms. The lowest BCUT2D eigenvalue weighted by Gasteiger charge is -2.15. The molecule has 4 nitrogen and oxygen atoms in total. The van der Waals surface area contributed by atoms with Crippen molar-refractivity contribution in [3.8, 4) is 0 Å². The molecule has 1 aromatic rings. The standard InChI is InChI=1S/C18H24N2O2/c1-12(13-7-3-2-4-8-13)19-17(21)15-11-16(15)18(22)20-14-9-5-6-10-14/h2-4,7-8,12,14-16H,5-6,9-11H2,1H3,(H,19,21)(H,20,22). The first-order chi connectivity index (χ1) is 10.6. The summed E-state index contributed by atoms with van der Waals surface area (Å²) in [6.45, 7) is 1.98. The molecule has 0 heterocycles. The van der Waals surface area contributed by atoms with Gasteiger partial charge in [-0.15, -0.1) is 0 Å². The molecule has 3 rings (SSSR count). The molecule has 2 fully saturated rings. The molecule has 1 aromatic carbocycles. The Morgan fingerprint density at radius 2 is 1.68 bits per heavy atom. The Labute approximate surface area is 131 Å². The van der Waals surface area contributed by atoms with Gasteiger partial charge in [-0.3, -0.25) is 9.59 Å². The van der Waals surface area contributed by atoms with Crippen LogP contribution in [0.25, 0.3) is 0 Å². The van der Waals surface area contributed by atoms with E-state index in [4.69, 9.17) is 0 Å². The van der Waals surface area contributed by atoms with Gasteiger partial charge in [-0.1, -0.05) is 43.2 Å². The SMILES string of the molecule is CC(NC(=O)C1CC1C(=O)NC1CCCC1)c1ccccc1. The van der Waals surface area contributed by atoms with Crippen LogP contribution in [0.2, 0.25) is 0 Å². The van der Waals surface area contributed by atoms with E-state index in [0.717, 1.165) is 18.4 Å². The molecule has 2 aliphatic carbocycles. The van der Waals surface area contributed by atoms with Gasteiger partial charge >= 0.3 is 0 Å². The molecule has 0 bridgehead atoms. The van der Waals surface area contributed by atoms with Gasteiger partial charge in [0.1, 0.15) is 0 Å². The predicted molar refractivity (Wildman–Crippen MR) is 85.0 cm³/mol. The molecule has 2 aliphatic rings. The average molecular weight is 300 g/mol. The number of hydrogen-bond acceptors (Lipinski definition) is 2. The van der Waals surface area contributed by atoms with Crippen LogP contribution in [-0.2, 0) is 9.59 Å². The van der Waals surface area contributed by atoms with Gasteiger partial charge in [0.15, 0.2) is 0 Å². The number of hydrogen-bond donors (Lipinski definition) is 2. The summed E-state index contributed by atoms with van der Waals surface area (Å²) in [5, 5.41) is 6.11. The molecule has 2 saturated carbocycles. The van der Waals surface area contributed by atoms with Crippen LogP contribution in [-0.4, -0.2) is 17.9 Å². The fourth-order valence-corrected chi connectivity index (χ4v) is 3.30. The van der Waals surface area contributed by atoms with Crippen molar-refractivity contribution < 1.29 is 9.59 Å². The average Bonchev–Trinajstić information content (AvgIpc) is 3.19. The minimum Gasteiger partial charge on any atom is -0.353 e. The Bertz CT molecular complexity index is 537. The van der Waals surface area contributed by atoms with Crippen LogP contribution in [0.1, 0.15) is 50.6 Å². The number of carbonyl (C=O) groups is 2. The minimum absolute atomic E-state index is 0.00271. The minimum atomic E-state index is -0.146. The van der Waals surface area contributed by atoms with Crippen molar-refractivity contribution >= 4 is 11.8 Å². The van der Waals surface area contributed by atoms with Crippen molar-refractivity contribution in [3.05, 3.63) is 35.9 Å². The van der Waals surface area contributed by atoms with Crippen LogP contribution >= 0.6 is 0 Å². The van der Waals surface area contributed by atoms with Crippen molar-refractivity contribution in [3.63, 3.8) is 0 Å². The van der Waals surface area contributed by atoms with Crippen molar-refractivity contribution in [2.45, 2.75) is 51.1 Å². The van der Waals surface area contributed by atoms with Crippen LogP contribution in [0, 0.1) is 11.8 Å². The monoisotopic (exact) mass is 300 g/mol. The highest BCUT2D eigenvalue weighted by molar-refractivity contribution is 5.92.